The molecule has 11 nitrogen and oxygen atoms in total. The SMILES string of the molecule is COc1ccccc1NC(=O)COc1cc(Br)c(C=NN=C2NC(=O)C(CC(=O)O)S2)cc1OC. The number of benzene rings is 2. The van der Waals surface area contributed by atoms with E-state index < -0.39 is 17.1 Å². The lowest BCUT2D eigenvalue weighted by atomic mass is 10.2. The van der Waals surface area contributed by atoms with E-state index in [1.165, 1.54) is 20.4 Å². The van der Waals surface area contributed by atoms with Gasteiger partial charge in [-0.1, -0.05) is 23.9 Å². The first kappa shape index (κ1) is 26.0. The van der Waals surface area contributed by atoms with E-state index in [-0.39, 0.29) is 24.1 Å². The van der Waals surface area contributed by atoms with E-state index in [0.29, 0.717) is 33.0 Å². The van der Waals surface area contributed by atoms with E-state index in [1.807, 2.05) is 0 Å². The van der Waals surface area contributed by atoms with Crippen LogP contribution in [0.4, 0.5) is 5.69 Å². The molecule has 0 bridgehead atoms. The summed E-state index contributed by atoms with van der Waals surface area (Å²) in [6, 6.07) is 10.3. The summed E-state index contributed by atoms with van der Waals surface area (Å²) in [5.74, 6) is -0.665. The average Bonchev–Trinajstić information content (AvgIpc) is 3.17. The third-order valence-corrected chi connectivity index (χ3v) is 6.26. The van der Waals surface area contributed by atoms with Gasteiger partial charge in [-0.2, -0.15) is 5.10 Å². The minimum absolute atomic E-state index is 0.210. The van der Waals surface area contributed by atoms with Gasteiger partial charge in [0.15, 0.2) is 23.3 Å². The van der Waals surface area contributed by atoms with Crippen LogP contribution in [0.25, 0.3) is 0 Å². The number of amides is 2. The molecule has 0 saturated carbocycles. The largest absolute Gasteiger partial charge is 0.495 e. The quantitative estimate of drug-likeness (QED) is 0.294. The summed E-state index contributed by atoms with van der Waals surface area (Å²) in [6.07, 6.45) is 1.12. The molecule has 1 aliphatic rings. The van der Waals surface area contributed by atoms with Crippen molar-refractivity contribution in [1.29, 1.82) is 0 Å². The molecule has 1 heterocycles. The topological polar surface area (TPSA) is 148 Å². The summed E-state index contributed by atoms with van der Waals surface area (Å²) < 4.78 is 16.8. The highest BCUT2D eigenvalue weighted by Gasteiger charge is 2.32. The number of carbonyl (C=O) groups excluding carboxylic acids is 2. The summed E-state index contributed by atoms with van der Waals surface area (Å²) >= 11 is 4.42. The minimum atomic E-state index is -1.07. The fraction of sp³-hybridized carbons (Fsp3) is 0.227. The number of rotatable bonds is 10. The maximum Gasteiger partial charge on any atom is 0.305 e. The standard InChI is InChI=1S/C22H21BrN4O7S/c1-32-15-6-4-3-5-14(15)25-19(28)11-34-17-8-13(23)12(7-16(17)33-2)10-24-27-22-26-21(31)18(35-22)9-20(29)30/h3-8,10,18H,9,11H2,1-2H3,(H,25,28)(H,29,30)(H,26,27,31). The Morgan fingerprint density at radius 1 is 1.20 bits per heavy atom. The zero-order valence-electron chi connectivity index (χ0n) is 18.6. The van der Waals surface area contributed by atoms with Crippen LogP contribution in [0, 0.1) is 0 Å². The van der Waals surface area contributed by atoms with Gasteiger partial charge in [0.2, 0.25) is 5.91 Å². The van der Waals surface area contributed by atoms with E-state index in [2.05, 4.69) is 36.8 Å². The fourth-order valence-corrected chi connectivity index (χ4v) is 4.23. The van der Waals surface area contributed by atoms with Gasteiger partial charge in [0.05, 0.1) is 32.5 Å². The van der Waals surface area contributed by atoms with Crippen molar-refractivity contribution in [3.05, 3.63) is 46.4 Å². The average molecular weight is 565 g/mol. The summed E-state index contributed by atoms with van der Waals surface area (Å²) in [6.45, 7) is -0.267. The predicted octanol–water partition coefficient (Wildman–Crippen LogP) is 2.88. The number of ether oxygens (including phenoxy) is 3. The minimum Gasteiger partial charge on any atom is -0.495 e. The molecule has 1 fully saturated rings. The van der Waals surface area contributed by atoms with Crippen LogP contribution in [-0.2, 0) is 14.4 Å². The molecule has 184 valence electrons. The number of carboxylic acid groups (broad SMARTS) is 1. The molecule has 3 N–H and O–H groups in total. The molecule has 1 saturated heterocycles. The van der Waals surface area contributed by atoms with Crippen molar-refractivity contribution in [3.63, 3.8) is 0 Å². The normalized spacial score (nSPS) is 16.3. The summed E-state index contributed by atoms with van der Waals surface area (Å²) in [7, 11) is 2.97. The lowest BCUT2D eigenvalue weighted by Crippen LogP contribution is -2.26. The van der Waals surface area contributed by atoms with Gasteiger partial charge in [0, 0.05) is 10.0 Å². The number of nitrogens with one attached hydrogen (secondary N) is 2. The first-order chi connectivity index (χ1) is 16.8. The molecular formula is C22H21BrN4O7S. The van der Waals surface area contributed by atoms with Crippen molar-refractivity contribution in [2.24, 2.45) is 10.2 Å². The van der Waals surface area contributed by atoms with Crippen molar-refractivity contribution >= 4 is 62.5 Å². The third-order valence-electron chi connectivity index (χ3n) is 4.50. The maximum atomic E-state index is 12.3. The van der Waals surface area contributed by atoms with Crippen LogP contribution in [0.2, 0.25) is 0 Å². The van der Waals surface area contributed by atoms with Gasteiger partial charge in [0.1, 0.15) is 11.0 Å². The number of amidine groups is 1. The molecule has 2 aromatic rings. The van der Waals surface area contributed by atoms with Crippen LogP contribution in [0.15, 0.2) is 51.1 Å². The van der Waals surface area contributed by atoms with Crippen LogP contribution in [-0.4, -0.2) is 60.3 Å². The molecule has 1 aliphatic heterocycles. The molecule has 3 rings (SSSR count). The van der Waals surface area contributed by atoms with Crippen LogP contribution in [0.3, 0.4) is 0 Å². The second-order valence-electron chi connectivity index (χ2n) is 6.91. The van der Waals surface area contributed by atoms with E-state index in [1.54, 1.807) is 36.4 Å². The van der Waals surface area contributed by atoms with Crippen LogP contribution in [0.5, 0.6) is 17.2 Å². The fourth-order valence-electron chi connectivity index (χ4n) is 2.89. The van der Waals surface area contributed by atoms with Gasteiger partial charge in [-0.15, -0.1) is 5.10 Å². The van der Waals surface area contributed by atoms with Crippen molar-refractivity contribution in [3.8, 4) is 17.2 Å². The van der Waals surface area contributed by atoms with Gasteiger partial charge < -0.3 is 30.0 Å². The Kier molecular flexibility index (Phi) is 9.09. The number of carbonyl (C=O) groups is 3. The van der Waals surface area contributed by atoms with Gasteiger partial charge in [0.25, 0.3) is 5.91 Å². The second-order valence-corrected chi connectivity index (χ2v) is 8.95. The number of hydrogen-bond donors (Lipinski definition) is 3. The Hall–Kier alpha value is -3.58. The highest BCUT2D eigenvalue weighted by molar-refractivity contribution is 9.10. The van der Waals surface area contributed by atoms with Gasteiger partial charge in [-0.05, 0) is 40.2 Å². The molecule has 0 radical (unpaired) electrons. The molecule has 2 aromatic carbocycles. The molecule has 1 unspecified atom stereocenters. The number of carboxylic acids is 1. The molecular weight excluding hydrogens is 544 g/mol. The summed E-state index contributed by atoms with van der Waals surface area (Å²) in [5, 5.41) is 21.4. The third kappa shape index (κ3) is 7.20. The van der Waals surface area contributed by atoms with Crippen LogP contribution < -0.4 is 24.8 Å². The Labute approximate surface area is 213 Å². The number of anilines is 1. The Morgan fingerprint density at radius 2 is 1.94 bits per heavy atom. The number of thioether (sulfide) groups is 1. The zero-order chi connectivity index (χ0) is 25.4. The lowest BCUT2D eigenvalue weighted by molar-refractivity contribution is -0.138. The van der Waals surface area contributed by atoms with Gasteiger partial charge in [-0.25, -0.2) is 0 Å². The highest BCUT2D eigenvalue weighted by Crippen LogP contribution is 2.33. The number of nitrogens with zero attached hydrogens (tertiary/aromatic N) is 2. The number of aliphatic carboxylic acids is 1. The maximum absolute atomic E-state index is 12.3. The number of methoxy groups -OCH3 is 2. The molecule has 0 aliphatic carbocycles. The van der Waals surface area contributed by atoms with E-state index in [0.717, 1.165) is 11.8 Å². The van der Waals surface area contributed by atoms with Gasteiger partial charge in [-0.3, -0.25) is 14.4 Å². The molecule has 0 spiro atoms. The van der Waals surface area contributed by atoms with E-state index >= 15 is 0 Å². The van der Waals surface area contributed by atoms with Crippen LogP contribution in [0.1, 0.15) is 12.0 Å². The summed E-state index contributed by atoms with van der Waals surface area (Å²) in [4.78, 5) is 34.9. The monoisotopic (exact) mass is 564 g/mol. The first-order valence-electron chi connectivity index (χ1n) is 10.0. The number of halogens is 1. The van der Waals surface area contributed by atoms with E-state index in [9.17, 15) is 14.4 Å². The number of hydrogen-bond acceptors (Lipinski definition) is 9. The Morgan fingerprint density at radius 3 is 2.66 bits per heavy atom. The first-order valence-corrected chi connectivity index (χ1v) is 11.7. The molecule has 0 aromatic heterocycles. The molecule has 2 amide bonds. The van der Waals surface area contributed by atoms with Crippen molar-refractivity contribution in [2.45, 2.75) is 11.7 Å². The number of para-hydroxylation sites is 2. The Bertz CT molecular complexity index is 1190. The Balaban J connectivity index is 1.64. The lowest BCUT2D eigenvalue weighted by Gasteiger charge is -2.13. The highest BCUT2D eigenvalue weighted by atomic mass is 79.9. The summed E-state index contributed by atoms with van der Waals surface area (Å²) in [5.41, 5.74) is 1.12. The zero-order valence-corrected chi connectivity index (χ0v) is 21.0. The van der Waals surface area contributed by atoms with Crippen LogP contribution >= 0.6 is 27.7 Å². The van der Waals surface area contributed by atoms with E-state index in [4.69, 9.17) is 19.3 Å². The molecule has 35 heavy (non-hydrogen) atoms. The predicted molar refractivity (Wildman–Crippen MR) is 135 cm³/mol. The molecule has 1 atom stereocenters. The van der Waals surface area contributed by atoms with Crippen molar-refractivity contribution in [2.75, 3.05) is 26.1 Å². The van der Waals surface area contributed by atoms with Crippen molar-refractivity contribution < 1.29 is 33.7 Å². The van der Waals surface area contributed by atoms with Gasteiger partial charge >= 0.3 is 5.97 Å². The second kappa shape index (κ2) is 12.2. The van der Waals surface area contributed by atoms with Crippen molar-refractivity contribution in [1.82, 2.24) is 5.32 Å². The smallest absolute Gasteiger partial charge is 0.305 e. The molecule has 13 heteroatoms.